The summed E-state index contributed by atoms with van der Waals surface area (Å²) in [5, 5.41) is 8.57. The Bertz CT molecular complexity index is 297. The van der Waals surface area contributed by atoms with Crippen molar-refractivity contribution in [1.29, 1.82) is 5.26 Å². The number of alkyl halides is 1. The highest BCUT2D eigenvalue weighted by molar-refractivity contribution is 6.16. The molecule has 4 heteroatoms. The smallest absolute Gasteiger partial charge is 0.144 e. The second-order valence-electron chi connectivity index (χ2n) is 2.13. The van der Waals surface area contributed by atoms with E-state index in [4.69, 9.17) is 21.6 Å². The predicted molar refractivity (Wildman–Crippen MR) is 45.1 cm³/mol. The molecule has 0 atom stereocenters. The van der Waals surface area contributed by atoms with Gasteiger partial charge in [0, 0.05) is 12.1 Å². The highest BCUT2D eigenvalue weighted by Gasteiger charge is 2.00. The van der Waals surface area contributed by atoms with Crippen molar-refractivity contribution < 1.29 is 4.74 Å². The second-order valence-corrected chi connectivity index (χ2v) is 2.40. The van der Waals surface area contributed by atoms with Crippen LogP contribution in [0.15, 0.2) is 12.1 Å². The van der Waals surface area contributed by atoms with Crippen molar-refractivity contribution in [1.82, 2.24) is 4.98 Å². The van der Waals surface area contributed by atoms with Gasteiger partial charge >= 0.3 is 0 Å². The van der Waals surface area contributed by atoms with Crippen molar-refractivity contribution in [3.8, 4) is 11.8 Å². The van der Waals surface area contributed by atoms with Crippen molar-refractivity contribution in [2.75, 3.05) is 7.11 Å². The SMILES string of the molecule is COc1cc(C#N)nc(CCl)c1. The van der Waals surface area contributed by atoms with E-state index in [1.54, 1.807) is 12.1 Å². The summed E-state index contributed by atoms with van der Waals surface area (Å²) in [6.07, 6.45) is 0. The van der Waals surface area contributed by atoms with Gasteiger partial charge in [0.15, 0.2) is 0 Å². The molecular formula is C8H7ClN2O. The molecule has 0 saturated carbocycles. The zero-order valence-corrected chi connectivity index (χ0v) is 7.30. The number of hydrogen-bond acceptors (Lipinski definition) is 3. The van der Waals surface area contributed by atoms with Gasteiger partial charge in [0.05, 0.1) is 18.7 Å². The van der Waals surface area contributed by atoms with Gasteiger partial charge in [-0.05, 0) is 0 Å². The zero-order chi connectivity index (χ0) is 8.97. The number of pyridine rings is 1. The minimum atomic E-state index is 0.284. The van der Waals surface area contributed by atoms with Crippen LogP contribution < -0.4 is 4.74 Å². The Kier molecular flexibility index (Phi) is 2.89. The molecule has 0 amide bonds. The van der Waals surface area contributed by atoms with E-state index < -0.39 is 0 Å². The molecule has 0 N–H and O–H groups in total. The molecule has 1 aromatic rings. The van der Waals surface area contributed by atoms with Crippen LogP contribution in [0.3, 0.4) is 0 Å². The maximum Gasteiger partial charge on any atom is 0.144 e. The molecule has 0 radical (unpaired) electrons. The van der Waals surface area contributed by atoms with Crippen LogP contribution >= 0.6 is 11.6 Å². The van der Waals surface area contributed by atoms with E-state index in [0.717, 1.165) is 0 Å². The minimum Gasteiger partial charge on any atom is -0.497 e. The van der Waals surface area contributed by atoms with Crippen LogP contribution in [0.2, 0.25) is 0 Å². The van der Waals surface area contributed by atoms with Gasteiger partial charge in [-0.2, -0.15) is 5.26 Å². The third-order valence-corrected chi connectivity index (χ3v) is 1.61. The average Bonchev–Trinajstić information content (AvgIpc) is 2.16. The van der Waals surface area contributed by atoms with E-state index in [9.17, 15) is 0 Å². The first-order valence-electron chi connectivity index (χ1n) is 3.31. The number of nitriles is 1. The van der Waals surface area contributed by atoms with Gasteiger partial charge in [-0.3, -0.25) is 0 Å². The average molecular weight is 183 g/mol. The van der Waals surface area contributed by atoms with Gasteiger partial charge in [0.1, 0.15) is 17.5 Å². The van der Waals surface area contributed by atoms with Gasteiger partial charge in [0.2, 0.25) is 0 Å². The lowest BCUT2D eigenvalue weighted by Crippen LogP contribution is -1.92. The molecule has 0 unspecified atom stereocenters. The fourth-order valence-corrected chi connectivity index (χ4v) is 0.940. The lowest BCUT2D eigenvalue weighted by molar-refractivity contribution is 0.413. The molecule has 12 heavy (non-hydrogen) atoms. The molecule has 0 aliphatic carbocycles. The molecular weight excluding hydrogens is 176 g/mol. The molecule has 0 saturated heterocycles. The van der Waals surface area contributed by atoms with Crippen molar-refractivity contribution in [3.05, 3.63) is 23.5 Å². The normalized spacial score (nSPS) is 9.08. The maximum atomic E-state index is 8.57. The van der Waals surface area contributed by atoms with Crippen molar-refractivity contribution in [2.24, 2.45) is 0 Å². The Morgan fingerprint density at radius 2 is 2.42 bits per heavy atom. The topological polar surface area (TPSA) is 45.9 Å². The highest BCUT2D eigenvalue weighted by Crippen LogP contribution is 2.14. The Morgan fingerprint density at radius 1 is 1.67 bits per heavy atom. The van der Waals surface area contributed by atoms with E-state index in [2.05, 4.69) is 4.98 Å². The van der Waals surface area contributed by atoms with E-state index in [0.29, 0.717) is 17.1 Å². The number of hydrogen-bond donors (Lipinski definition) is 0. The first kappa shape index (κ1) is 8.82. The summed E-state index contributed by atoms with van der Waals surface area (Å²) in [6, 6.07) is 5.19. The number of halogens is 1. The second kappa shape index (κ2) is 3.93. The molecule has 0 aliphatic heterocycles. The summed E-state index contributed by atoms with van der Waals surface area (Å²) < 4.78 is 4.95. The Hall–Kier alpha value is -1.27. The van der Waals surface area contributed by atoms with Gasteiger partial charge < -0.3 is 4.74 Å². The number of rotatable bonds is 2. The zero-order valence-electron chi connectivity index (χ0n) is 6.54. The summed E-state index contributed by atoms with van der Waals surface area (Å²) in [4.78, 5) is 3.95. The maximum absolute atomic E-state index is 8.57. The summed E-state index contributed by atoms with van der Waals surface area (Å²) in [5.41, 5.74) is 0.970. The third kappa shape index (κ3) is 1.86. The molecule has 1 aromatic heterocycles. The number of methoxy groups -OCH3 is 1. The Morgan fingerprint density at radius 3 is 2.92 bits per heavy atom. The molecule has 0 bridgehead atoms. The lowest BCUT2D eigenvalue weighted by Gasteiger charge is -2.01. The molecule has 0 aromatic carbocycles. The van der Waals surface area contributed by atoms with Crippen molar-refractivity contribution >= 4 is 11.6 Å². The van der Waals surface area contributed by atoms with Gasteiger partial charge in [0.25, 0.3) is 0 Å². The monoisotopic (exact) mass is 182 g/mol. The molecule has 1 rings (SSSR count). The summed E-state index contributed by atoms with van der Waals surface area (Å²) in [7, 11) is 1.54. The van der Waals surface area contributed by atoms with Crippen LogP contribution in [0.1, 0.15) is 11.4 Å². The summed E-state index contributed by atoms with van der Waals surface area (Å²) >= 11 is 5.56. The summed E-state index contributed by atoms with van der Waals surface area (Å²) in [6.45, 7) is 0. The number of ether oxygens (including phenoxy) is 1. The number of aromatic nitrogens is 1. The minimum absolute atomic E-state index is 0.284. The Labute approximate surface area is 75.6 Å². The van der Waals surface area contributed by atoms with Crippen LogP contribution in [0.5, 0.6) is 5.75 Å². The third-order valence-electron chi connectivity index (χ3n) is 1.34. The standard InChI is InChI=1S/C8H7ClN2O/c1-12-8-2-6(4-9)11-7(3-8)5-10/h2-3H,4H2,1H3. The largest absolute Gasteiger partial charge is 0.497 e. The highest BCUT2D eigenvalue weighted by atomic mass is 35.5. The van der Waals surface area contributed by atoms with E-state index >= 15 is 0 Å². The number of nitrogens with zero attached hydrogens (tertiary/aromatic N) is 2. The Balaban J connectivity index is 3.12. The molecule has 1 heterocycles. The van der Waals surface area contributed by atoms with E-state index in [1.807, 2.05) is 6.07 Å². The molecule has 0 fully saturated rings. The van der Waals surface area contributed by atoms with Crippen LogP contribution in [0.25, 0.3) is 0 Å². The molecule has 3 nitrogen and oxygen atoms in total. The van der Waals surface area contributed by atoms with Crippen molar-refractivity contribution in [3.63, 3.8) is 0 Å². The van der Waals surface area contributed by atoms with E-state index in [1.165, 1.54) is 7.11 Å². The van der Waals surface area contributed by atoms with Crippen LogP contribution in [-0.2, 0) is 5.88 Å². The van der Waals surface area contributed by atoms with Gasteiger partial charge in [-0.1, -0.05) is 0 Å². The molecule has 62 valence electrons. The van der Waals surface area contributed by atoms with Crippen LogP contribution in [0.4, 0.5) is 0 Å². The fraction of sp³-hybridized carbons (Fsp3) is 0.250. The molecule has 0 aliphatic rings. The lowest BCUT2D eigenvalue weighted by atomic mass is 10.3. The van der Waals surface area contributed by atoms with Gasteiger partial charge in [-0.25, -0.2) is 4.98 Å². The quantitative estimate of drug-likeness (QED) is 0.654. The predicted octanol–water partition coefficient (Wildman–Crippen LogP) is 1.70. The molecule has 0 spiro atoms. The first-order valence-corrected chi connectivity index (χ1v) is 3.84. The van der Waals surface area contributed by atoms with Crippen LogP contribution in [0, 0.1) is 11.3 Å². The van der Waals surface area contributed by atoms with Gasteiger partial charge in [-0.15, -0.1) is 11.6 Å². The van der Waals surface area contributed by atoms with Crippen molar-refractivity contribution in [2.45, 2.75) is 5.88 Å². The first-order chi connectivity index (χ1) is 5.80. The fourth-order valence-electron chi connectivity index (χ4n) is 0.803. The van der Waals surface area contributed by atoms with Crippen LogP contribution in [-0.4, -0.2) is 12.1 Å². The van der Waals surface area contributed by atoms with E-state index in [-0.39, 0.29) is 5.88 Å². The summed E-state index contributed by atoms with van der Waals surface area (Å²) in [5.74, 6) is 0.892.